The molecule has 0 radical (unpaired) electrons. The first-order valence-electron chi connectivity index (χ1n) is 7.58. The zero-order valence-electron chi connectivity index (χ0n) is 12.7. The van der Waals surface area contributed by atoms with Crippen molar-refractivity contribution in [3.05, 3.63) is 24.3 Å². The number of rotatable bonds is 6. The van der Waals surface area contributed by atoms with Crippen LogP contribution in [0.25, 0.3) is 0 Å². The summed E-state index contributed by atoms with van der Waals surface area (Å²) in [7, 11) is 1.77. The van der Waals surface area contributed by atoms with Crippen LogP contribution in [0.3, 0.4) is 0 Å². The van der Waals surface area contributed by atoms with Gasteiger partial charge < -0.3 is 15.4 Å². The van der Waals surface area contributed by atoms with Crippen LogP contribution in [-0.4, -0.2) is 50.8 Å². The van der Waals surface area contributed by atoms with Crippen molar-refractivity contribution in [3.63, 3.8) is 0 Å². The first-order chi connectivity index (χ1) is 9.74. The van der Waals surface area contributed by atoms with Crippen molar-refractivity contribution >= 4 is 11.4 Å². The lowest BCUT2D eigenvalue weighted by Crippen LogP contribution is -2.46. The highest BCUT2D eigenvalue weighted by Crippen LogP contribution is 2.23. The number of nitrogens with zero attached hydrogens (tertiary/aromatic N) is 2. The highest BCUT2D eigenvalue weighted by molar-refractivity contribution is 5.56. The number of ether oxygens (including phenoxy) is 1. The molecule has 20 heavy (non-hydrogen) atoms. The molecule has 4 heteroatoms. The molecule has 4 nitrogen and oxygen atoms in total. The van der Waals surface area contributed by atoms with E-state index in [0.29, 0.717) is 6.04 Å². The molecule has 1 saturated heterocycles. The van der Waals surface area contributed by atoms with Gasteiger partial charge in [-0.15, -0.1) is 0 Å². The zero-order valence-corrected chi connectivity index (χ0v) is 12.7. The summed E-state index contributed by atoms with van der Waals surface area (Å²) in [6.07, 6.45) is 2.43. The van der Waals surface area contributed by atoms with Gasteiger partial charge in [-0.05, 0) is 37.6 Å². The summed E-state index contributed by atoms with van der Waals surface area (Å²) in [5.41, 5.74) is 7.97. The molecular weight excluding hydrogens is 250 g/mol. The molecule has 1 fully saturated rings. The van der Waals surface area contributed by atoms with Crippen molar-refractivity contribution in [2.45, 2.75) is 25.8 Å². The molecule has 0 aliphatic carbocycles. The third-order valence-corrected chi connectivity index (χ3v) is 4.21. The molecule has 1 aliphatic heterocycles. The van der Waals surface area contributed by atoms with Crippen molar-refractivity contribution in [2.75, 3.05) is 50.5 Å². The Bertz CT molecular complexity index is 402. The third kappa shape index (κ3) is 3.87. The highest BCUT2D eigenvalue weighted by Gasteiger charge is 2.23. The first-order valence-corrected chi connectivity index (χ1v) is 7.58. The van der Waals surface area contributed by atoms with E-state index in [4.69, 9.17) is 10.5 Å². The summed E-state index contributed by atoms with van der Waals surface area (Å²) in [6.45, 7) is 7.42. The molecule has 112 valence electrons. The van der Waals surface area contributed by atoms with Gasteiger partial charge in [0.15, 0.2) is 0 Å². The number of benzene rings is 1. The average molecular weight is 277 g/mol. The monoisotopic (exact) mass is 277 g/mol. The third-order valence-electron chi connectivity index (χ3n) is 4.21. The molecule has 1 aromatic rings. The van der Waals surface area contributed by atoms with Gasteiger partial charge in [-0.2, -0.15) is 0 Å². The zero-order chi connectivity index (χ0) is 14.4. The molecule has 0 spiro atoms. The fraction of sp³-hybridized carbons (Fsp3) is 0.625. The lowest BCUT2D eigenvalue weighted by atomic mass is 10.0. The van der Waals surface area contributed by atoms with E-state index in [1.54, 1.807) is 7.11 Å². The molecule has 0 unspecified atom stereocenters. The molecule has 2 N–H and O–H groups in total. The van der Waals surface area contributed by atoms with Crippen molar-refractivity contribution < 1.29 is 4.74 Å². The van der Waals surface area contributed by atoms with Gasteiger partial charge in [0, 0.05) is 44.2 Å². The standard InChI is InChI=1S/C16H27N3O/c1-3-18(11-12-20-2)15-7-9-19(10-8-15)16-6-4-5-14(17)13-16/h4-6,13,15H,3,7-12,17H2,1-2H3. The molecule has 0 atom stereocenters. The number of methoxy groups -OCH3 is 1. The number of nitrogens with two attached hydrogens (primary N) is 1. The van der Waals surface area contributed by atoms with E-state index in [-0.39, 0.29) is 0 Å². The second kappa shape index (κ2) is 7.50. The number of hydrogen-bond donors (Lipinski definition) is 1. The Kier molecular flexibility index (Phi) is 5.68. The highest BCUT2D eigenvalue weighted by atomic mass is 16.5. The maximum Gasteiger partial charge on any atom is 0.0589 e. The Morgan fingerprint density at radius 1 is 1.35 bits per heavy atom. The van der Waals surface area contributed by atoms with Crippen LogP contribution < -0.4 is 10.6 Å². The Morgan fingerprint density at radius 3 is 2.70 bits per heavy atom. The Balaban J connectivity index is 1.88. The van der Waals surface area contributed by atoms with E-state index < -0.39 is 0 Å². The second-order valence-corrected chi connectivity index (χ2v) is 5.43. The summed E-state index contributed by atoms with van der Waals surface area (Å²) >= 11 is 0. The smallest absolute Gasteiger partial charge is 0.0589 e. The van der Waals surface area contributed by atoms with Gasteiger partial charge in [0.2, 0.25) is 0 Å². The van der Waals surface area contributed by atoms with E-state index in [1.807, 2.05) is 12.1 Å². The summed E-state index contributed by atoms with van der Waals surface area (Å²) in [6, 6.07) is 8.89. The van der Waals surface area contributed by atoms with E-state index in [9.17, 15) is 0 Å². The topological polar surface area (TPSA) is 41.7 Å². The maximum absolute atomic E-state index is 5.87. The normalized spacial score (nSPS) is 16.9. The Morgan fingerprint density at radius 2 is 2.10 bits per heavy atom. The summed E-state index contributed by atoms with van der Waals surface area (Å²) in [5, 5.41) is 0. The van der Waals surface area contributed by atoms with Crippen LogP contribution >= 0.6 is 0 Å². The lowest BCUT2D eigenvalue weighted by molar-refractivity contribution is 0.113. The van der Waals surface area contributed by atoms with Crippen molar-refractivity contribution in [2.24, 2.45) is 0 Å². The number of piperidine rings is 1. The molecule has 1 aromatic carbocycles. The van der Waals surface area contributed by atoms with Crippen LogP contribution in [0, 0.1) is 0 Å². The van der Waals surface area contributed by atoms with Gasteiger partial charge in [0.05, 0.1) is 6.61 Å². The minimum absolute atomic E-state index is 0.687. The number of likely N-dealkylation sites (N-methyl/N-ethyl adjacent to an activating group) is 1. The van der Waals surface area contributed by atoms with Crippen LogP contribution in [-0.2, 0) is 4.74 Å². The van der Waals surface area contributed by atoms with Crippen molar-refractivity contribution in [1.82, 2.24) is 4.90 Å². The average Bonchev–Trinajstić information content (AvgIpc) is 2.49. The quantitative estimate of drug-likeness (QED) is 0.810. The van der Waals surface area contributed by atoms with Gasteiger partial charge in [0.1, 0.15) is 0 Å². The van der Waals surface area contributed by atoms with Gasteiger partial charge in [0.25, 0.3) is 0 Å². The van der Waals surface area contributed by atoms with Crippen LogP contribution in [0.1, 0.15) is 19.8 Å². The van der Waals surface area contributed by atoms with Crippen LogP contribution in [0.2, 0.25) is 0 Å². The first kappa shape index (κ1) is 15.1. The molecule has 0 aromatic heterocycles. The van der Waals surface area contributed by atoms with Crippen LogP contribution in [0.4, 0.5) is 11.4 Å². The van der Waals surface area contributed by atoms with E-state index in [2.05, 4.69) is 28.9 Å². The minimum Gasteiger partial charge on any atom is -0.399 e. The van der Waals surface area contributed by atoms with Gasteiger partial charge in [-0.3, -0.25) is 4.90 Å². The molecule has 0 saturated carbocycles. The molecule has 0 bridgehead atoms. The summed E-state index contributed by atoms with van der Waals surface area (Å²) in [5.74, 6) is 0. The van der Waals surface area contributed by atoms with E-state index in [1.165, 1.54) is 18.5 Å². The van der Waals surface area contributed by atoms with Gasteiger partial charge in [-0.1, -0.05) is 13.0 Å². The second-order valence-electron chi connectivity index (χ2n) is 5.43. The molecule has 1 aliphatic rings. The summed E-state index contributed by atoms with van der Waals surface area (Å²) < 4.78 is 5.20. The number of hydrogen-bond acceptors (Lipinski definition) is 4. The Labute approximate surface area is 122 Å². The fourth-order valence-corrected chi connectivity index (χ4v) is 3.02. The fourth-order valence-electron chi connectivity index (χ4n) is 3.02. The predicted molar refractivity (Wildman–Crippen MR) is 85.2 cm³/mol. The minimum atomic E-state index is 0.687. The van der Waals surface area contributed by atoms with E-state index >= 15 is 0 Å². The van der Waals surface area contributed by atoms with Crippen molar-refractivity contribution in [3.8, 4) is 0 Å². The van der Waals surface area contributed by atoms with Gasteiger partial charge >= 0.3 is 0 Å². The van der Waals surface area contributed by atoms with Gasteiger partial charge in [-0.25, -0.2) is 0 Å². The lowest BCUT2D eigenvalue weighted by Gasteiger charge is -2.39. The molecular formula is C16H27N3O. The molecule has 2 rings (SSSR count). The largest absolute Gasteiger partial charge is 0.399 e. The van der Waals surface area contributed by atoms with Crippen LogP contribution in [0.15, 0.2) is 24.3 Å². The van der Waals surface area contributed by atoms with Crippen LogP contribution in [0.5, 0.6) is 0 Å². The molecule has 0 amide bonds. The summed E-state index contributed by atoms with van der Waals surface area (Å²) in [4.78, 5) is 4.98. The number of nitrogen functional groups attached to an aromatic ring is 1. The predicted octanol–water partition coefficient (Wildman–Crippen LogP) is 2.21. The Hall–Kier alpha value is -1.26. The molecule has 1 heterocycles. The maximum atomic E-state index is 5.87. The number of anilines is 2. The van der Waals surface area contributed by atoms with E-state index in [0.717, 1.165) is 38.5 Å². The SMILES string of the molecule is CCN(CCOC)C1CCN(c2cccc(N)c2)CC1. The van der Waals surface area contributed by atoms with Crippen molar-refractivity contribution in [1.29, 1.82) is 0 Å².